The third-order valence-electron chi connectivity index (χ3n) is 2.23. The number of hydrogen-bond donors (Lipinski definition) is 3. The molecule has 0 aliphatic carbocycles. The molecule has 0 saturated carbocycles. The van der Waals surface area contributed by atoms with Crippen LogP contribution in [0.25, 0.3) is 10.9 Å². The molecule has 1 heterocycles. The Kier molecular flexibility index (Phi) is 9.39. The maximum absolute atomic E-state index is 9.60. The molecule has 0 unspecified atom stereocenters. The molecule has 0 fully saturated rings. The van der Waals surface area contributed by atoms with Gasteiger partial charge in [-0.05, 0) is 23.9 Å². The normalized spacial score (nSPS) is 8.90. The molecule has 2 rings (SSSR count). The van der Waals surface area contributed by atoms with Crippen molar-refractivity contribution >= 4 is 22.8 Å². The van der Waals surface area contributed by atoms with Crippen molar-refractivity contribution in [3.05, 3.63) is 36.5 Å². The summed E-state index contributed by atoms with van der Waals surface area (Å²) in [6.07, 6.45) is 3.19. The molecule has 5 nitrogen and oxygen atoms in total. The quantitative estimate of drug-likeness (QED) is 0.801. The number of aromatic nitrogens is 1. The third kappa shape index (κ3) is 8.74. The van der Waals surface area contributed by atoms with Crippen molar-refractivity contribution in [2.45, 2.75) is 33.1 Å². The van der Waals surface area contributed by atoms with E-state index in [0.717, 1.165) is 6.42 Å². The summed E-state index contributed by atoms with van der Waals surface area (Å²) >= 11 is 0. The van der Waals surface area contributed by atoms with Gasteiger partial charge in [0.2, 0.25) is 0 Å². The van der Waals surface area contributed by atoms with Gasteiger partial charge in [-0.3, -0.25) is 9.59 Å². The van der Waals surface area contributed by atoms with E-state index in [1.807, 2.05) is 25.3 Å². The lowest BCUT2D eigenvalue weighted by molar-refractivity contribution is -0.137. The van der Waals surface area contributed by atoms with Gasteiger partial charge in [-0.15, -0.1) is 0 Å². The van der Waals surface area contributed by atoms with E-state index in [2.05, 4.69) is 23.2 Å². The minimum atomic E-state index is -0.745. The monoisotopic (exact) mass is 279 g/mol. The summed E-state index contributed by atoms with van der Waals surface area (Å²) in [7, 11) is 0. The Morgan fingerprint density at radius 2 is 1.65 bits per heavy atom. The van der Waals surface area contributed by atoms with Crippen molar-refractivity contribution in [1.82, 2.24) is 4.98 Å². The summed E-state index contributed by atoms with van der Waals surface area (Å²) in [4.78, 5) is 22.1. The first-order chi connectivity index (χ1) is 9.51. The molecule has 110 valence electrons. The van der Waals surface area contributed by atoms with Gasteiger partial charge in [0, 0.05) is 24.6 Å². The van der Waals surface area contributed by atoms with Gasteiger partial charge in [0.15, 0.2) is 0 Å². The Morgan fingerprint density at radius 3 is 2.05 bits per heavy atom. The molecule has 0 radical (unpaired) electrons. The summed E-state index contributed by atoms with van der Waals surface area (Å²) in [5, 5.41) is 16.9. The van der Waals surface area contributed by atoms with Gasteiger partial charge in [0.1, 0.15) is 0 Å². The van der Waals surface area contributed by atoms with Crippen molar-refractivity contribution in [1.29, 1.82) is 0 Å². The SMILES string of the molecule is CCC(=O)O.CCCC(=O)O.c1ccc2[nH]ccc2c1. The van der Waals surface area contributed by atoms with Crippen LogP contribution in [0.2, 0.25) is 0 Å². The molecule has 3 N–H and O–H groups in total. The summed E-state index contributed by atoms with van der Waals surface area (Å²) in [6.45, 7) is 3.44. The van der Waals surface area contributed by atoms with Gasteiger partial charge >= 0.3 is 11.9 Å². The molecule has 0 spiro atoms. The summed E-state index contributed by atoms with van der Waals surface area (Å²) in [5.41, 5.74) is 1.21. The lowest BCUT2D eigenvalue weighted by atomic mass is 10.3. The molecule has 2 aromatic rings. The van der Waals surface area contributed by atoms with Crippen molar-refractivity contribution in [2.75, 3.05) is 0 Å². The number of nitrogens with one attached hydrogen (secondary N) is 1. The van der Waals surface area contributed by atoms with E-state index in [1.54, 1.807) is 6.92 Å². The van der Waals surface area contributed by atoms with E-state index in [4.69, 9.17) is 10.2 Å². The highest BCUT2D eigenvalue weighted by Crippen LogP contribution is 2.09. The molecule has 0 amide bonds. The second-order valence-electron chi connectivity index (χ2n) is 3.96. The van der Waals surface area contributed by atoms with Gasteiger partial charge in [-0.1, -0.05) is 32.0 Å². The number of aromatic amines is 1. The fourth-order valence-corrected chi connectivity index (χ4v) is 1.21. The van der Waals surface area contributed by atoms with Crippen molar-refractivity contribution < 1.29 is 19.8 Å². The first kappa shape index (κ1) is 17.7. The average molecular weight is 279 g/mol. The van der Waals surface area contributed by atoms with Crippen LogP contribution in [0.4, 0.5) is 0 Å². The van der Waals surface area contributed by atoms with Gasteiger partial charge in [0.25, 0.3) is 0 Å². The molecule has 1 aromatic heterocycles. The minimum Gasteiger partial charge on any atom is -0.481 e. The summed E-state index contributed by atoms with van der Waals surface area (Å²) in [5.74, 6) is -1.46. The van der Waals surface area contributed by atoms with Gasteiger partial charge in [-0.2, -0.15) is 0 Å². The lowest BCUT2D eigenvalue weighted by Crippen LogP contribution is -1.90. The van der Waals surface area contributed by atoms with Crippen LogP contribution in [0.15, 0.2) is 36.5 Å². The second kappa shape index (κ2) is 10.6. The first-order valence-electron chi connectivity index (χ1n) is 6.46. The maximum Gasteiger partial charge on any atom is 0.303 e. The smallest absolute Gasteiger partial charge is 0.303 e. The Bertz CT molecular complexity index is 489. The van der Waals surface area contributed by atoms with Crippen LogP contribution in [0.1, 0.15) is 33.1 Å². The van der Waals surface area contributed by atoms with E-state index in [9.17, 15) is 9.59 Å². The predicted octanol–water partition coefficient (Wildman–Crippen LogP) is 3.52. The Hall–Kier alpha value is -2.30. The Labute approximate surface area is 118 Å². The molecule has 0 bridgehead atoms. The van der Waals surface area contributed by atoms with Crippen molar-refractivity contribution in [3.63, 3.8) is 0 Å². The standard InChI is InChI=1S/C8H7N.C4H8O2.C3H6O2/c1-2-4-8-7(3-1)5-6-9-8;1-2-3-4(5)6;1-2-3(4)5/h1-6,9H;2-3H2,1H3,(H,5,6);2H2,1H3,(H,4,5). The molecule has 5 heteroatoms. The number of carboxylic acid groups (broad SMARTS) is 2. The van der Waals surface area contributed by atoms with E-state index in [0.29, 0.717) is 6.42 Å². The zero-order valence-electron chi connectivity index (χ0n) is 11.8. The predicted molar refractivity (Wildman–Crippen MR) is 78.8 cm³/mol. The topological polar surface area (TPSA) is 90.4 Å². The number of benzene rings is 1. The van der Waals surface area contributed by atoms with E-state index in [1.165, 1.54) is 10.9 Å². The van der Waals surface area contributed by atoms with Crippen LogP contribution in [0, 0.1) is 0 Å². The largest absolute Gasteiger partial charge is 0.481 e. The molecule has 0 saturated heterocycles. The molecule has 20 heavy (non-hydrogen) atoms. The van der Waals surface area contributed by atoms with Gasteiger partial charge < -0.3 is 15.2 Å². The number of hydrogen-bond acceptors (Lipinski definition) is 2. The van der Waals surface area contributed by atoms with E-state index >= 15 is 0 Å². The van der Waals surface area contributed by atoms with Crippen LogP contribution in [0.3, 0.4) is 0 Å². The highest BCUT2D eigenvalue weighted by Gasteiger charge is 1.87. The fraction of sp³-hybridized carbons (Fsp3) is 0.333. The first-order valence-corrected chi connectivity index (χ1v) is 6.46. The minimum absolute atomic E-state index is 0.222. The third-order valence-corrected chi connectivity index (χ3v) is 2.23. The number of carboxylic acids is 2. The van der Waals surface area contributed by atoms with Crippen molar-refractivity contribution in [2.24, 2.45) is 0 Å². The van der Waals surface area contributed by atoms with Crippen LogP contribution in [-0.2, 0) is 9.59 Å². The maximum atomic E-state index is 9.60. The number of aliphatic carboxylic acids is 2. The highest BCUT2D eigenvalue weighted by molar-refractivity contribution is 5.78. The average Bonchev–Trinajstić information content (AvgIpc) is 2.88. The molecule has 0 atom stereocenters. The molecule has 1 aromatic carbocycles. The zero-order chi connectivity index (χ0) is 15.4. The Balaban J connectivity index is 0.000000291. The summed E-state index contributed by atoms with van der Waals surface area (Å²) in [6, 6.07) is 10.3. The highest BCUT2D eigenvalue weighted by atomic mass is 16.4. The fourth-order valence-electron chi connectivity index (χ4n) is 1.21. The van der Waals surface area contributed by atoms with Gasteiger partial charge in [0.05, 0.1) is 0 Å². The number of H-pyrrole nitrogens is 1. The summed E-state index contributed by atoms with van der Waals surface area (Å²) < 4.78 is 0. The molecule has 0 aliphatic rings. The van der Waals surface area contributed by atoms with Gasteiger partial charge in [-0.25, -0.2) is 0 Å². The Morgan fingerprint density at radius 1 is 1.05 bits per heavy atom. The lowest BCUT2D eigenvalue weighted by Gasteiger charge is -1.83. The molecular formula is C15H21NO4. The second-order valence-corrected chi connectivity index (χ2v) is 3.96. The molecular weight excluding hydrogens is 258 g/mol. The molecule has 0 aliphatic heterocycles. The van der Waals surface area contributed by atoms with Crippen LogP contribution < -0.4 is 0 Å². The van der Waals surface area contributed by atoms with Crippen LogP contribution in [-0.4, -0.2) is 27.1 Å². The van der Waals surface area contributed by atoms with E-state index < -0.39 is 11.9 Å². The van der Waals surface area contributed by atoms with E-state index in [-0.39, 0.29) is 6.42 Å². The number of carbonyl (C=O) groups is 2. The van der Waals surface area contributed by atoms with Crippen molar-refractivity contribution in [3.8, 4) is 0 Å². The van der Waals surface area contributed by atoms with Crippen LogP contribution in [0.5, 0.6) is 0 Å². The number of fused-ring (bicyclic) bond motifs is 1. The zero-order valence-corrected chi connectivity index (χ0v) is 11.8. The number of rotatable bonds is 3. The van der Waals surface area contributed by atoms with Crippen LogP contribution >= 0.6 is 0 Å². The number of para-hydroxylation sites is 1.